The Morgan fingerprint density at radius 3 is 2.70 bits per heavy atom. The van der Waals surface area contributed by atoms with Gasteiger partial charge in [0.05, 0.1) is 23.5 Å². The smallest absolute Gasteiger partial charge is 0.282 e. The van der Waals surface area contributed by atoms with E-state index in [0.29, 0.717) is 29.3 Å². The van der Waals surface area contributed by atoms with E-state index in [-0.39, 0.29) is 11.2 Å². The van der Waals surface area contributed by atoms with Crippen LogP contribution in [0.3, 0.4) is 0 Å². The van der Waals surface area contributed by atoms with Crippen molar-refractivity contribution < 1.29 is 4.74 Å². The number of hydrogen-bond acceptors (Lipinski definition) is 3. The summed E-state index contributed by atoms with van der Waals surface area (Å²) in [5, 5.41) is 5.32. The SMILES string of the molecule is CC1(OCc2ccccc2)CCc2[nH]cc3c(=O)n(-c4ccc(Cl)cc4)nc-3c2C1. The normalized spacial score (nSPS) is 18.5. The molecule has 0 amide bonds. The van der Waals surface area contributed by atoms with E-state index in [9.17, 15) is 4.79 Å². The summed E-state index contributed by atoms with van der Waals surface area (Å²) in [6.07, 6.45) is 4.26. The zero-order valence-corrected chi connectivity index (χ0v) is 17.4. The van der Waals surface area contributed by atoms with Gasteiger partial charge < -0.3 is 9.72 Å². The molecule has 2 aromatic rings. The summed E-state index contributed by atoms with van der Waals surface area (Å²) in [7, 11) is 0. The summed E-state index contributed by atoms with van der Waals surface area (Å²) in [4.78, 5) is 16.3. The molecule has 0 radical (unpaired) electrons. The van der Waals surface area contributed by atoms with E-state index in [1.165, 1.54) is 4.68 Å². The van der Waals surface area contributed by atoms with Crippen LogP contribution in [0.2, 0.25) is 5.02 Å². The maximum atomic E-state index is 13.0. The highest BCUT2D eigenvalue weighted by Crippen LogP contribution is 2.36. The molecule has 3 aliphatic rings. The molecule has 2 aromatic carbocycles. The van der Waals surface area contributed by atoms with Gasteiger partial charge in [-0.1, -0.05) is 41.9 Å². The van der Waals surface area contributed by atoms with Crippen LogP contribution in [-0.2, 0) is 24.2 Å². The molecule has 152 valence electrons. The molecule has 1 unspecified atom stereocenters. The van der Waals surface area contributed by atoms with Crippen molar-refractivity contribution in [2.24, 2.45) is 0 Å². The average molecular weight is 420 g/mol. The Kier molecular flexibility index (Phi) is 4.72. The average Bonchev–Trinajstić information content (AvgIpc) is 3.11. The van der Waals surface area contributed by atoms with Crippen LogP contribution in [-0.4, -0.2) is 20.4 Å². The molecule has 0 saturated carbocycles. The number of aromatic nitrogens is 3. The Hall–Kier alpha value is -2.89. The summed E-state index contributed by atoms with van der Waals surface area (Å²) in [6, 6.07) is 17.3. The standard InChI is InChI=1S/C24H22ClN3O2/c1-24(30-15-16-5-3-2-4-6-16)12-11-21-19(13-24)22-20(14-26-21)23(29)28(27-22)18-9-7-17(25)8-10-18/h2-10,14,26H,11-13,15H2,1H3. The van der Waals surface area contributed by atoms with Crippen LogP contribution >= 0.6 is 11.6 Å². The predicted octanol–water partition coefficient (Wildman–Crippen LogP) is 4.78. The lowest BCUT2D eigenvalue weighted by atomic mass is 9.82. The first kappa shape index (κ1) is 19.1. The van der Waals surface area contributed by atoms with Crippen molar-refractivity contribution in [3.05, 3.63) is 93.0 Å². The van der Waals surface area contributed by atoms with Gasteiger partial charge in [0.2, 0.25) is 0 Å². The number of pyridine rings is 1. The topological polar surface area (TPSA) is 59.9 Å². The molecule has 30 heavy (non-hydrogen) atoms. The Balaban J connectivity index is 1.49. The van der Waals surface area contributed by atoms with Crippen molar-refractivity contribution in [2.75, 3.05) is 0 Å². The van der Waals surface area contributed by atoms with Crippen LogP contribution in [0.1, 0.15) is 30.2 Å². The van der Waals surface area contributed by atoms with Crippen LogP contribution in [0.4, 0.5) is 0 Å². The predicted molar refractivity (Wildman–Crippen MR) is 117 cm³/mol. The maximum absolute atomic E-state index is 13.0. The van der Waals surface area contributed by atoms with Crippen molar-refractivity contribution >= 4 is 11.6 Å². The molecule has 0 fully saturated rings. The summed E-state index contributed by atoms with van der Waals surface area (Å²) in [5.74, 6) is 0. The number of aromatic amines is 1. The number of nitrogens with zero attached hydrogens (tertiary/aromatic N) is 2. The number of H-pyrrole nitrogens is 1. The first-order valence-corrected chi connectivity index (χ1v) is 10.5. The van der Waals surface area contributed by atoms with E-state index in [0.717, 1.165) is 35.4 Å². The number of fused-ring (bicyclic) bond motifs is 3. The van der Waals surface area contributed by atoms with Crippen LogP contribution in [0.25, 0.3) is 16.9 Å². The van der Waals surface area contributed by atoms with E-state index >= 15 is 0 Å². The molecule has 2 aliphatic heterocycles. The molecular formula is C24H22ClN3O2. The van der Waals surface area contributed by atoms with Gasteiger partial charge in [-0.05, 0) is 49.6 Å². The van der Waals surface area contributed by atoms with E-state index in [1.807, 2.05) is 18.2 Å². The fourth-order valence-corrected chi connectivity index (χ4v) is 4.26. The second kappa shape index (κ2) is 7.42. The molecule has 0 aromatic heterocycles. The van der Waals surface area contributed by atoms with Crippen LogP contribution in [0, 0.1) is 0 Å². The molecule has 2 heterocycles. The lowest BCUT2D eigenvalue weighted by Gasteiger charge is -2.35. The number of halogens is 1. The highest BCUT2D eigenvalue weighted by molar-refractivity contribution is 6.30. The third-order valence-corrected chi connectivity index (χ3v) is 6.13. The Morgan fingerprint density at radius 1 is 1.17 bits per heavy atom. The van der Waals surface area contributed by atoms with Crippen molar-refractivity contribution in [3.63, 3.8) is 0 Å². The van der Waals surface area contributed by atoms with Gasteiger partial charge in [0.15, 0.2) is 0 Å². The number of rotatable bonds is 4. The summed E-state index contributed by atoms with van der Waals surface area (Å²) in [6.45, 7) is 2.71. The summed E-state index contributed by atoms with van der Waals surface area (Å²) < 4.78 is 7.81. The Bertz CT molecular complexity index is 1210. The number of hydrogen-bond donors (Lipinski definition) is 1. The summed E-state index contributed by atoms with van der Waals surface area (Å²) in [5.41, 5.74) is 4.95. The van der Waals surface area contributed by atoms with E-state index in [4.69, 9.17) is 21.4 Å². The number of ether oxygens (including phenoxy) is 1. The minimum Gasteiger partial charge on any atom is -0.370 e. The number of nitrogens with one attached hydrogen (secondary N) is 1. The molecule has 5 nitrogen and oxygen atoms in total. The second-order valence-corrected chi connectivity index (χ2v) is 8.54. The van der Waals surface area contributed by atoms with E-state index in [2.05, 4.69) is 24.0 Å². The minimum absolute atomic E-state index is 0.135. The van der Waals surface area contributed by atoms with Gasteiger partial charge >= 0.3 is 0 Å². The maximum Gasteiger partial charge on any atom is 0.282 e. The highest BCUT2D eigenvalue weighted by atomic mass is 35.5. The highest BCUT2D eigenvalue weighted by Gasteiger charge is 2.35. The van der Waals surface area contributed by atoms with Gasteiger partial charge in [0.1, 0.15) is 5.69 Å². The number of aryl methyl sites for hydroxylation is 1. The first-order valence-electron chi connectivity index (χ1n) is 10.1. The Morgan fingerprint density at radius 2 is 1.93 bits per heavy atom. The lowest BCUT2D eigenvalue weighted by molar-refractivity contribution is -0.0523. The molecule has 1 aliphatic carbocycles. The van der Waals surface area contributed by atoms with Gasteiger partial charge in [-0.3, -0.25) is 4.79 Å². The van der Waals surface area contributed by atoms with Crippen LogP contribution in [0.15, 0.2) is 65.6 Å². The summed E-state index contributed by atoms with van der Waals surface area (Å²) >= 11 is 5.99. The number of benzene rings is 2. The minimum atomic E-state index is -0.307. The third-order valence-electron chi connectivity index (χ3n) is 5.87. The lowest BCUT2D eigenvalue weighted by Crippen LogP contribution is -2.36. The van der Waals surface area contributed by atoms with Crippen molar-refractivity contribution in [3.8, 4) is 16.9 Å². The molecular weight excluding hydrogens is 398 g/mol. The fourth-order valence-electron chi connectivity index (χ4n) is 4.13. The van der Waals surface area contributed by atoms with Gasteiger partial charge in [-0.15, -0.1) is 0 Å². The molecule has 0 spiro atoms. The first-order chi connectivity index (χ1) is 14.5. The van der Waals surface area contributed by atoms with Gasteiger partial charge in [-0.25, -0.2) is 0 Å². The zero-order chi connectivity index (χ0) is 20.7. The largest absolute Gasteiger partial charge is 0.370 e. The van der Waals surface area contributed by atoms with Crippen LogP contribution < -0.4 is 5.56 Å². The van der Waals surface area contributed by atoms with Crippen molar-refractivity contribution in [2.45, 2.75) is 38.4 Å². The second-order valence-electron chi connectivity index (χ2n) is 8.10. The molecule has 1 atom stereocenters. The van der Waals surface area contributed by atoms with Gasteiger partial charge in [0.25, 0.3) is 5.56 Å². The molecule has 1 N–H and O–H groups in total. The van der Waals surface area contributed by atoms with E-state index < -0.39 is 0 Å². The molecule has 0 bridgehead atoms. The zero-order valence-electron chi connectivity index (χ0n) is 16.7. The van der Waals surface area contributed by atoms with Crippen molar-refractivity contribution in [1.29, 1.82) is 0 Å². The quantitative estimate of drug-likeness (QED) is 0.517. The third kappa shape index (κ3) is 3.44. The molecule has 0 saturated heterocycles. The van der Waals surface area contributed by atoms with E-state index in [1.54, 1.807) is 30.5 Å². The fraction of sp³-hybridized carbons (Fsp3) is 0.250. The molecule has 6 heteroatoms. The van der Waals surface area contributed by atoms with Crippen LogP contribution in [0.5, 0.6) is 0 Å². The van der Waals surface area contributed by atoms with Gasteiger partial charge in [-0.2, -0.15) is 9.78 Å². The monoisotopic (exact) mass is 419 g/mol. The van der Waals surface area contributed by atoms with Gasteiger partial charge in [0, 0.05) is 28.9 Å². The van der Waals surface area contributed by atoms with Crippen molar-refractivity contribution in [1.82, 2.24) is 14.8 Å². The Labute approximate surface area is 179 Å². The molecule has 5 rings (SSSR count).